The zero-order valence-electron chi connectivity index (χ0n) is 30.3. The molecule has 49 heavy (non-hydrogen) atoms. The summed E-state index contributed by atoms with van der Waals surface area (Å²) in [6.45, 7) is 3.31. The number of carbonyl (C=O) groups is 1. The van der Waals surface area contributed by atoms with Gasteiger partial charge in [-0.05, 0) is 19.3 Å². The molecule has 290 valence electrons. The molecule has 0 aromatic rings. The lowest BCUT2D eigenvalue weighted by atomic mass is 9.99. The van der Waals surface area contributed by atoms with Crippen LogP contribution in [0.5, 0.6) is 0 Å². The minimum Gasteiger partial charge on any atom is -0.394 e. The topological polar surface area (TPSA) is 192 Å². The number of rotatable bonds is 31. The Bertz CT molecular complexity index is 951. The van der Waals surface area contributed by atoms with E-state index in [4.69, 9.17) is 14.0 Å². The maximum atomic E-state index is 12.9. The van der Waals surface area contributed by atoms with E-state index in [0.717, 1.165) is 44.9 Å². The van der Waals surface area contributed by atoms with E-state index in [0.29, 0.717) is 6.42 Å². The van der Waals surface area contributed by atoms with E-state index in [1.165, 1.54) is 83.5 Å². The van der Waals surface area contributed by atoms with E-state index in [1.807, 2.05) is 6.08 Å². The lowest BCUT2D eigenvalue weighted by molar-refractivity contribution is -0.298. The molecule has 0 radical (unpaired) electrons. The van der Waals surface area contributed by atoms with E-state index in [1.54, 1.807) is 6.08 Å². The van der Waals surface area contributed by atoms with Gasteiger partial charge < -0.3 is 35.2 Å². The van der Waals surface area contributed by atoms with Crippen molar-refractivity contribution in [2.24, 2.45) is 0 Å². The van der Waals surface area contributed by atoms with Crippen LogP contribution in [-0.4, -0.2) is 95.4 Å². The Labute approximate surface area is 296 Å². The molecule has 1 aliphatic heterocycles. The molecule has 1 amide bonds. The summed E-state index contributed by atoms with van der Waals surface area (Å²) in [5.74, 6) is -0.266. The maximum Gasteiger partial charge on any atom is 0.397 e. The third kappa shape index (κ3) is 22.4. The molecule has 7 unspecified atom stereocenters. The van der Waals surface area contributed by atoms with E-state index in [-0.39, 0.29) is 18.9 Å². The van der Waals surface area contributed by atoms with Crippen LogP contribution >= 0.6 is 0 Å². The van der Waals surface area contributed by atoms with Crippen molar-refractivity contribution < 1.29 is 51.8 Å². The number of unbranched alkanes of at least 4 members (excludes halogenated alkanes) is 19. The van der Waals surface area contributed by atoms with Gasteiger partial charge in [0.25, 0.3) is 0 Å². The van der Waals surface area contributed by atoms with Gasteiger partial charge in [0.1, 0.15) is 24.4 Å². The molecule has 0 saturated carbocycles. The number of hydrogen-bond acceptors (Lipinski definition) is 10. The molecule has 0 spiro atoms. The SMILES string of the molecule is CCCCCCCCC/C=C/C(O)C(COC1OC(CO)C(O)C(OS(=O)(=O)O)C1O)NC(=O)CCCCCCCCCCCCCCC. The smallest absolute Gasteiger partial charge is 0.394 e. The first-order chi connectivity index (χ1) is 23.5. The highest BCUT2D eigenvalue weighted by Crippen LogP contribution is 2.26. The fourth-order valence-electron chi connectivity index (χ4n) is 6.04. The van der Waals surface area contributed by atoms with Crippen LogP contribution in [0.3, 0.4) is 0 Å². The van der Waals surface area contributed by atoms with Crippen molar-refractivity contribution >= 4 is 16.3 Å². The highest BCUT2D eigenvalue weighted by molar-refractivity contribution is 7.80. The van der Waals surface area contributed by atoms with Gasteiger partial charge in [0.05, 0.1) is 25.4 Å². The van der Waals surface area contributed by atoms with E-state index < -0.39 is 59.9 Å². The predicted molar refractivity (Wildman–Crippen MR) is 190 cm³/mol. The largest absolute Gasteiger partial charge is 0.397 e. The minimum absolute atomic E-state index is 0.266. The van der Waals surface area contributed by atoms with E-state index >= 15 is 0 Å². The number of allylic oxidation sites excluding steroid dienone is 1. The number of carbonyl (C=O) groups excluding carboxylic acids is 1. The molecular formula is C36H69NO11S. The Morgan fingerprint density at radius 2 is 1.29 bits per heavy atom. The summed E-state index contributed by atoms with van der Waals surface area (Å²) < 4.78 is 47.2. The maximum absolute atomic E-state index is 12.9. The van der Waals surface area contributed by atoms with Crippen LogP contribution in [0.2, 0.25) is 0 Å². The van der Waals surface area contributed by atoms with Crippen molar-refractivity contribution in [2.75, 3.05) is 13.2 Å². The van der Waals surface area contributed by atoms with Crippen molar-refractivity contribution in [2.45, 2.75) is 198 Å². The molecule has 0 aromatic heterocycles. The molecule has 6 N–H and O–H groups in total. The normalized spacial score (nSPS) is 22.8. The average molecular weight is 724 g/mol. The third-order valence-corrected chi connectivity index (χ3v) is 9.53. The van der Waals surface area contributed by atoms with Gasteiger partial charge in [-0.25, -0.2) is 4.18 Å². The van der Waals surface area contributed by atoms with Gasteiger partial charge in [0, 0.05) is 6.42 Å². The number of nitrogens with one attached hydrogen (secondary N) is 1. The van der Waals surface area contributed by atoms with Crippen molar-refractivity contribution in [3.8, 4) is 0 Å². The molecule has 1 heterocycles. The Hall–Kier alpha value is -1.16. The lowest BCUT2D eigenvalue weighted by Gasteiger charge is -2.41. The summed E-state index contributed by atoms with van der Waals surface area (Å²) in [6.07, 6.45) is 18.4. The summed E-state index contributed by atoms with van der Waals surface area (Å²) in [6, 6.07) is -0.934. The summed E-state index contributed by atoms with van der Waals surface area (Å²) in [5.41, 5.74) is 0. The number of aliphatic hydroxyl groups excluding tert-OH is 4. The second-order valence-electron chi connectivity index (χ2n) is 13.5. The van der Waals surface area contributed by atoms with Crippen LogP contribution in [-0.2, 0) is 28.9 Å². The summed E-state index contributed by atoms with van der Waals surface area (Å²) in [4.78, 5) is 12.9. The van der Waals surface area contributed by atoms with Gasteiger partial charge in [-0.3, -0.25) is 9.35 Å². The van der Waals surface area contributed by atoms with Crippen molar-refractivity contribution in [3.05, 3.63) is 12.2 Å². The Morgan fingerprint density at radius 3 is 1.78 bits per heavy atom. The summed E-state index contributed by atoms with van der Waals surface area (Å²) in [7, 11) is -5.07. The van der Waals surface area contributed by atoms with Crippen LogP contribution in [0.1, 0.15) is 155 Å². The van der Waals surface area contributed by atoms with Gasteiger partial charge in [-0.2, -0.15) is 8.42 Å². The summed E-state index contributed by atoms with van der Waals surface area (Å²) >= 11 is 0. The van der Waals surface area contributed by atoms with Crippen LogP contribution in [0.4, 0.5) is 0 Å². The van der Waals surface area contributed by atoms with Crippen LogP contribution in [0, 0.1) is 0 Å². The highest BCUT2D eigenvalue weighted by Gasteiger charge is 2.48. The van der Waals surface area contributed by atoms with Crippen LogP contribution in [0.15, 0.2) is 12.2 Å². The predicted octanol–water partition coefficient (Wildman–Crippen LogP) is 5.65. The third-order valence-electron chi connectivity index (χ3n) is 9.07. The average Bonchev–Trinajstić information content (AvgIpc) is 3.06. The minimum atomic E-state index is -5.07. The zero-order valence-corrected chi connectivity index (χ0v) is 31.1. The van der Waals surface area contributed by atoms with E-state index in [2.05, 4.69) is 23.3 Å². The fourth-order valence-corrected chi connectivity index (χ4v) is 6.55. The molecular weight excluding hydrogens is 654 g/mol. The van der Waals surface area contributed by atoms with Crippen molar-refractivity contribution in [3.63, 3.8) is 0 Å². The van der Waals surface area contributed by atoms with E-state index in [9.17, 15) is 33.6 Å². The quantitative estimate of drug-likeness (QED) is 0.0294. The molecule has 0 aromatic carbocycles. The first-order valence-electron chi connectivity index (χ1n) is 19.1. The fraction of sp³-hybridized carbons (Fsp3) is 0.917. The molecule has 1 aliphatic rings. The van der Waals surface area contributed by atoms with Gasteiger partial charge in [0.15, 0.2) is 6.29 Å². The Balaban J connectivity index is 2.63. The standard InChI is InChI=1S/C36H69NO11S/c1-3-5-7-9-11-13-14-15-16-18-20-22-24-26-32(40)37-29(30(39)25-23-21-19-17-12-10-8-6-4-2)28-46-36-34(42)35(48-49(43,44)45)33(41)31(27-38)47-36/h23,25,29-31,33-36,38-39,41-42H,3-22,24,26-28H2,1-2H3,(H,37,40)(H,43,44,45)/b25-23+. The second kappa shape index (κ2) is 28.4. The first-order valence-corrected chi connectivity index (χ1v) is 20.4. The van der Waals surface area contributed by atoms with Gasteiger partial charge in [-0.1, -0.05) is 142 Å². The molecule has 12 nitrogen and oxygen atoms in total. The molecule has 1 rings (SSSR count). The summed E-state index contributed by atoms with van der Waals surface area (Å²) in [5, 5.41) is 44.3. The molecule has 13 heteroatoms. The second-order valence-corrected chi connectivity index (χ2v) is 14.6. The Kier molecular flexibility index (Phi) is 26.6. The zero-order chi connectivity index (χ0) is 36.3. The Morgan fingerprint density at radius 1 is 0.796 bits per heavy atom. The number of ether oxygens (including phenoxy) is 2. The van der Waals surface area contributed by atoms with Crippen LogP contribution < -0.4 is 5.32 Å². The molecule has 1 saturated heterocycles. The van der Waals surface area contributed by atoms with Gasteiger partial charge in [0.2, 0.25) is 5.91 Å². The van der Waals surface area contributed by atoms with Gasteiger partial charge in [-0.15, -0.1) is 0 Å². The monoisotopic (exact) mass is 723 g/mol. The van der Waals surface area contributed by atoms with Gasteiger partial charge >= 0.3 is 10.4 Å². The number of hydrogen-bond donors (Lipinski definition) is 6. The lowest BCUT2D eigenvalue weighted by Crippen LogP contribution is -2.61. The number of amides is 1. The molecule has 0 aliphatic carbocycles. The van der Waals surface area contributed by atoms with Crippen molar-refractivity contribution in [1.29, 1.82) is 0 Å². The van der Waals surface area contributed by atoms with Crippen LogP contribution in [0.25, 0.3) is 0 Å². The number of aliphatic hydroxyl groups is 4. The molecule has 0 bridgehead atoms. The molecule has 7 atom stereocenters. The first kappa shape index (κ1) is 45.9. The highest BCUT2D eigenvalue weighted by atomic mass is 32.3. The molecule has 1 fully saturated rings. The van der Waals surface area contributed by atoms with Crippen molar-refractivity contribution in [1.82, 2.24) is 5.32 Å².